The van der Waals surface area contributed by atoms with Gasteiger partial charge in [-0.25, -0.2) is 8.42 Å². The number of aromatic nitrogens is 1. The van der Waals surface area contributed by atoms with E-state index >= 15 is 0 Å². The number of hydrogen-bond donors (Lipinski definition) is 1. The van der Waals surface area contributed by atoms with E-state index in [1.165, 1.54) is 10.4 Å². The fourth-order valence-corrected chi connectivity index (χ4v) is 5.18. The van der Waals surface area contributed by atoms with Crippen molar-refractivity contribution in [3.63, 3.8) is 0 Å². The van der Waals surface area contributed by atoms with Crippen LogP contribution in [0.5, 0.6) is 0 Å². The van der Waals surface area contributed by atoms with Crippen molar-refractivity contribution in [3.05, 3.63) is 53.9 Å². The first-order chi connectivity index (χ1) is 14.2. The van der Waals surface area contributed by atoms with E-state index in [2.05, 4.69) is 10.3 Å². The van der Waals surface area contributed by atoms with Gasteiger partial charge in [0.2, 0.25) is 10.0 Å². The summed E-state index contributed by atoms with van der Waals surface area (Å²) in [4.78, 5) is 19.2. The van der Waals surface area contributed by atoms with Gasteiger partial charge in [-0.1, -0.05) is 6.07 Å². The first-order valence-corrected chi connectivity index (χ1v) is 11.7. The summed E-state index contributed by atoms with van der Waals surface area (Å²) in [5.74, 6) is -0.239. The number of hydrogen-bond acceptors (Lipinski definition) is 5. The molecule has 1 amide bonds. The molecule has 2 aromatic rings. The van der Waals surface area contributed by atoms with Gasteiger partial charge in [-0.2, -0.15) is 4.31 Å². The highest BCUT2D eigenvalue weighted by Crippen LogP contribution is 2.27. The molecule has 0 bridgehead atoms. The molecule has 30 heavy (non-hydrogen) atoms. The summed E-state index contributed by atoms with van der Waals surface area (Å²) in [5.41, 5.74) is 1.88. The molecule has 1 aromatic carbocycles. The van der Waals surface area contributed by atoms with Crippen molar-refractivity contribution < 1.29 is 13.2 Å². The summed E-state index contributed by atoms with van der Waals surface area (Å²) in [6.07, 6.45) is 5.14. The van der Waals surface area contributed by atoms with Gasteiger partial charge in [0.15, 0.2) is 0 Å². The van der Waals surface area contributed by atoms with Gasteiger partial charge in [0.05, 0.1) is 10.9 Å². The first kappa shape index (κ1) is 22.2. The SMILES string of the molecule is CC(C)Nc1cc(C(=O)N(C)C(C)c2cccnc2)cc(S(=O)(=O)N2CCCC2)c1. The maximum atomic E-state index is 13.3. The molecule has 162 valence electrons. The van der Waals surface area contributed by atoms with Crippen LogP contribution in [0.3, 0.4) is 0 Å². The van der Waals surface area contributed by atoms with Crippen molar-refractivity contribution in [1.82, 2.24) is 14.2 Å². The molecule has 7 nitrogen and oxygen atoms in total. The highest BCUT2D eigenvalue weighted by atomic mass is 32.2. The monoisotopic (exact) mass is 430 g/mol. The molecule has 1 atom stereocenters. The van der Waals surface area contributed by atoms with Crippen molar-refractivity contribution in [2.75, 3.05) is 25.5 Å². The normalized spacial score (nSPS) is 15.9. The predicted molar refractivity (Wildman–Crippen MR) is 118 cm³/mol. The average Bonchev–Trinajstić information content (AvgIpc) is 3.28. The van der Waals surface area contributed by atoms with Crippen LogP contribution in [0, 0.1) is 0 Å². The van der Waals surface area contributed by atoms with E-state index in [4.69, 9.17) is 0 Å². The van der Waals surface area contributed by atoms with Gasteiger partial charge >= 0.3 is 0 Å². The van der Waals surface area contributed by atoms with E-state index in [1.54, 1.807) is 36.5 Å². The van der Waals surface area contributed by atoms with E-state index in [-0.39, 0.29) is 22.9 Å². The number of sulfonamides is 1. The summed E-state index contributed by atoms with van der Waals surface area (Å²) in [5, 5.41) is 3.24. The third-order valence-corrected chi connectivity index (χ3v) is 7.26. The first-order valence-electron chi connectivity index (χ1n) is 10.3. The molecule has 1 aromatic heterocycles. The van der Waals surface area contributed by atoms with Crippen LogP contribution in [-0.4, -0.2) is 54.7 Å². The summed E-state index contributed by atoms with van der Waals surface area (Å²) >= 11 is 0. The Kier molecular flexibility index (Phi) is 6.77. The second-order valence-electron chi connectivity index (χ2n) is 8.03. The Morgan fingerprint density at radius 1 is 1.17 bits per heavy atom. The molecule has 1 unspecified atom stereocenters. The minimum Gasteiger partial charge on any atom is -0.383 e. The van der Waals surface area contributed by atoms with Crippen LogP contribution in [0.2, 0.25) is 0 Å². The van der Waals surface area contributed by atoms with Gasteiger partial charge in [-0.15, -0.1) is 0 Å². The number of pyridine rings is 1. The molecule has 8 heteroatoms. The van der Waals surface area contributed by atoms with Crippen molar-refractivity contribution in [1.29, 1.82) is 0 Å². The van der Waals surface area contributed by atoms with Gasteiger partial charge < -0.3 is 10.2 Å². The maximum Gasteiger partial charge on any atom is 0.254 e. The fourth-order valence-electron chi connectivity index (χ4n) is 3.59. The van der Waals surface area contributed by atoms with E-state index in [9.17, 15) is 13.2 Å². The smallest absolute Gasteiger partial charge is 0.254 e. The van der Waals surface area contributed by atoms with Gasteiger partial charge in [-0.3, -0.25) is 9.78 Å². The topological polar surface area (TPSA) is 82.6 Å². The summed E-state index contributed by atoms with van der Waals surface area (Å²) in [6.45, 7) is 6.91. The Hall–Kier alpha value is -2.45. The Balaban J connectivity index is 1.97. The Morgan fingerprint density at radius 3 is 2.47 bits per heavy atom. The lowest BCUT2D eigenvalue weighted by Gasteiger charge is -2.26. The van der Waals surface area contributed by atoms with Crippen LogP contribution in [0.25, 0.3) is 0 Å². The number of carbonyl (C=O) groups is 1. The van der Waals surface area contributed by atoms with Crippen LogP contribution < -0.4 is 5.32 Å². The summed E-state index contributed by atoms with van der Waals surface area (Å²) in [7, 11) is -1.92. The zero-order valence-corrected chi connectivity index (χ0v) is 18.8. The standard InChI is InChI=1S/C22H30N4O3S/c1-16(2)24-20-12-19(13-21(14-20)30(28,29)26-10-5-6-11-26)22(27)25(4)17(3)18-8-7-9-23-15-18/h7-9,12-17,24H,5-6,10-11H2,1-4H3. The number of rotatable bonds is 7. The number of anilines is 1. The molecule has 0 spiro atoms. The highest BCUT2D eigenvalue weighted by molar-refractivity contribution is 7.89. The third kappa shape index (κ3) is 4.82. The third-order valence-electron chi connectivity index (χ3n) is 5.38. The zero-order chi connectivity index (χ0) is 21.9. The molecule has 1 fully saturated rings. The minimum atomic E-state index is -3.64. The van der Waals surface area contributed by atoms with Crippen LogP contribution in [0.4, 0.5) is 5.69 Å². The van der Waals surface area contributed by atoms with Crippen molar-refractivity contribution in [2.24, 2.45) is 0 Å². The lowest BCUT2D eigenvalue weighted by molar-refractivity contribution is 0.0742. The molecule has 2 heterocycles. The fraction of sp³-hybridized carbons (Fsp3) is 0.455. The van der Waals surface area contributed by atoms with E-state index < -0.39 is 10.0 Å². The molecule has 0 aliphatic carbocycles. The molecule has 1 aliphatic rings. The summed E-state index contributed by atoms with van der Waals surface area (Å²) < 4.78 is 27.8. The molecule has 1 N–H and O–H groups in total. The number of carbonyl (C=O) groups excluding carboxylic acids is 1. The van der Waals surface area contributed by atoms with E-state index in [1.807, 2.05) is 32.9 Å². The lowest BCUT2D eigenvalue weighted by Crippen LogP contribution is -2.31. The Morgan fingerprint density at radius 2 is 1.87 bits per heavy atom. The minimum absolute atomic E-state index is 0.102. The van der Waals surface area contributed by atoms with Crippen LogP contribution in [-0.2, 0) is 10.0 Å². The maximum absolute atomic E-state index is 13.3. The van der Waals surface area contributed by atoms with Gasteiger partial charge in [0.25, 0.3) is 5.91 Å². The zero-order valence-electron chi connectivity index (χ0n) is 18.0. The van der Waals surface area contributed by atoms with E-state index in [0.29, 0.717) is 24.3 Å². The number of nitrogens with one attached hydrogen (secondary N) is 1. The lowest BCUT2D eigenvalue weighted by atomic mass is 10.1. The Bertz CT molecular complexity index is 987. The Labute approximate surface area is 179 Å². The molecule has 0 saturated carbocycles. The second-order valence-corrected chi connectivity index (χ2v) is 9.97. The van der Waals surface area contributed by atoms with E-state index in [0.717, 1.165) is 18.4 Å². The van der Waals surface area contributed by atoms with Crippen LogP contribution in [0.15, 0.2) is 47.6 Å². The molecule has 3 rings (SSSR count). The van der Waals surface area contributed by atoms with Crippen LogP contribution in [0.1, 0.15) is 55.6 Å². The number of amides is 1. The average molecular weight is 431 g/mol. The highest BCUT2D eigenvalue weighted by Gasteiger charge is 2.29. The molecule has 1 saturated heterocycles. The van der Waals surface area contributed by atoms with Crippen molar-refractivity contribution in [3.8, 4) is 0 Å². The number of benzene rings is 1. The number of nitrogens with zero attached hydrogens (tertiary/aromatic N) is 3. The summed E-state index contributed by atoms with van der Waals surface area (Å²) in [6, 6.07) is 8.48. The van der Waals surface area contributed by atoms with Gasteiger partial charge in [0, 0.05) is 49.8 Å². The predicted octanol–water partition coefficient (Wildman–Crippen LogP) is 3.52. The van der Waals surface area contributed by atoms with Gasteiger partial charge in [-0.05, 0) is 63.4 Å². The van der Waals surface area contributed by atoms with Crippen LogP contribution >= 0.6 is 0 Å². The quantitative estimate of drug-likeness (QED) is 0.727. The molecular formula is C22H30N4O3S. The van der Waals surface area contributed by atoms with Crippen molar-refractivity contribution in [2.45, 2.75) is 50.6 Å². The van der Waals surface area contributed by atoms with Gasteiger partial charge in [0.1, 0.15) is 0 Å². The second kappa shape index (κ2) is 9.14. The molecule has 1 aliphatic heterocycles. The molecular weight excluding hydrogens is 400 g/mol. The largest absolute Gasteiger partial charge is 0.383 e. The molecule has 0 radical (unpaired) electrons. The van der Waals surface area contributed by atoms with Crippen molar-refractivity contribution >= 4 is 21.6 Å².